The Hall–Kier alpha value is -2.69. The molecular formula is C21H24F4O7. The highest BCUT2D eigenvalue weighted by molar-refractivity contribution is 6.02. The highest BCUT2D eigenvalue weighted by atomic mass is 19.3. The van der Waals surface area contributed by atoms with E-state index >= 15 is 0 Å². The Morgan fingerprint density at radius 3 is 2.34 bits per heavy atom. The summed E-state index contributed by atoms with van der Waals surface area (Å²) in [6, 6.07) is 4.35. The first-order chi connectivity index (χ1) is 14.9. The van der Waals surface area contributed by atoms with Crippen LogP contribution < -0.4 is 4.74 Å². The van der Waals surface area contributed by atoms with Crippen LogP contribution in [0.3, 0.4) is 0 Å². The van der Waals surface area contributed by atoms with Crippen LogP contribution in [0, 0.1) is 11.8 Å². The molecule has 0 aromatic heterocycles. The van der Waals surface area contributed by atoms with Crippen LogP contribution in [-0.4, -0.2) is 54.2 Å². The van der Waals surface area contributed by atoms with Gasteiger partial charge in [-0.3, -0.25) is 14.4 Å². The number of aliphatic hydroxyl groups is 1. The average molecular weight is 464 g/mol. The van der Waals surface area contributed by atoms with Crippen LogP contribution in [0.25, 0.3) is 0 Å². The molecule has 0 heterocycles. The van der Waals surface area contributed by atoms with E-state index in [0.29, 0.717) is 0 Å². The number of rotatable bonds is 8. The molecule has 32 heavy (non-hydrogen) atoms. The molecule has 0 radical (unpaired) electrons. The molecule has 11 heteroatoms. The predicted octanol–water partition coefficient (Wildman–Crippen LogP) is 3.09. The molecule has 1 aromatic carbocycles. The minimum atomic E-state index is -4.80. The van der Waals surface area contributed by atoms with Gasteiger partial charge in [0.05, 0.1) is 24.7 Å². The Morgan fingerprint density at radius 2 is 1.78 bits per heavy atom. The lowest BCUT2D eigenvalue weighted by molar-refractivity contribution is -0.253. The van der Waals surface area contributed by atoms with Crippen molar-refractivity contribution in [3.8, 4) is 5.75 Å². The molecule has 1 aliphatic rings. The van der Waals surface area contributed by atoms with Gasteiger partial charge < -0.3 is 19.3 Å². The topological polar surface area (TPSA) is 99.1 Å². The third kappa shape index (κ3) is 5.37. The summed E-state index contributed by atoms with van der Waals surface area (Å²) >= 11 is 0. The van der Waals surface area contributed by atoms with Gasteiger partial charge in [0, 0.05) is 12.3 Å². The summed E-state index contributed by atoms with van der Waals surface area (Å²) in [6.45, 7) is 4.07. The van der Waals surface area contributed by atoms with E-state index in [9.17, 15) is 37.1 Å². The number of Topliss-reactive ketones (excluding diaryl/α,β-unsaturated/α-hetero) is 1. The number of hydrogen-bond donors (Lipinski definition) is 1. The van der Waals surface area contributed by atoms with Gasteiger partial charge in [-0.2, -0.15) is 17.6 Å². The van der Waals surface area contributed by atoms with Crippen LogP contribution in [0.5, 0.6) is 5.75 Å². The average Bonchev–Trinajstić information content (AvgIpc) is 2.66. The molecule has 0 unspecified atom stereocenters. The fourth-order valence-electron chi connectivity index (χ4n) is 3.87. The highest BCUT2D eigenvalue weighted by Crippen LogP contribution is 2.47. The minimum Gasteiger partial charge on any atom is -0.466 e. The molecule has 1 N–H and O–H groups in total. The second-order valence-corrected chi connectivity index (χ2v) is 7.52. The Labute approximate surface area is 181 Å². The van der Waals surface area contributed by atoms with E-state index in [2.05, 4.69) is 4.74 Å². The van der Waals surface area contributed by atoms with Crippen molar-refractivity contribution in [3.05, 3.63) is 29.8 Å². The van der Waals surface area contributed by atoms with Crippen molar-refractivity contribution < 1.29 is 51.3 Å². The van der Waals surface area contributed by atoms with Crippen molar-refractivity contribution in [3.63, 3.8) is 0 Å². The van der Waals surface area contributed by atoms with Crippen LogP contribution in [0.1, 0.15) is 38.7 Å². The lowest BCUT2D eigenvalue weighted by Gasteiger charge is -2.43. The third-order valence-electron chi connectivity index (χ3n) is 5.10. The fraction of sp³-hybridized carbons (Fsp3) is 0.571. The normalized spacial score (nSPS) is 26.0. The second-order valence-electron chi connectivity index (χ2n) is 7.52. The van der Waals surface area contributed by atoms with Gasteiger partial charge >= 0.3 is 24.5 Å². The van der Waals surface area contributed by atoms with Gasteiger partial charge in [0.15, 0.2) is 5.78 Å². The maximum Gasteiger partial charge on any atom is 0.461 e. The summed E-state index contributed by atoms with van der Waals surface area (Å²) in [4.78, 5) is 38.1. The molecule has 7 nitrogen and oxygen atoms in total. The van der Waals surface area contributed by atoms with Crippen LogP contribution in [-0.2, 0) is 23.9 Å². The maximum atomic E-state index is 13.4. The lowest BCUT2D eigenvalue weighted by atomic mass is 9.61. The lowest BCUT2D eigenvalue weighted by Crippen LogP contribution is -2.55. The number of hydrogen-bond acceptors (Lipinski definition) is 7. The first kappa shape index (κ1) is 25.6. The van der Waals surface area contributed by atoms with E-state index < -0.39 is 65.8 Å². The molecule has 1 aliphatic carbocycles. The number of carbonyl (C=O) groups is 3. The van der Waals surface area contributed by atoms with Gasteiger partial charge in [-0.15, -0.1) is 0 Å². The summed E-state index contributed by atoms with van der Waals surface area (Å²) in [5.74, 6) is -7.71. The molecule has 2 rings (SSSR count). The number of alkyl halides is 4. The van der Waals surface area contributed by atoms with Gasteiger partial charge in [0.1, 0.15) is 11.7 Å². The maximum absolute atomic E-state index is 13.4. The molecule has 0 bridgehead atoms. The van der Waals surface area contributed by atoms with Crippen molar-refractivity contribution >= 4 is 17.7 Å². The monoisotopic (exact) mass is 464 g/mol. The van der Waals surface area contributed by atoms with E-state index in [1.165, 1.54) is 32.9 Å². The van der Waals surface area contributed by atoms with Crippen LogP contribution in [0.2, 0.25) is 0 Å². The summed E-state index contributed by atoms with van der Waals surface area (Å²) in [6.07, 6.45) is -9.47. The molecule has 1 fully saturated rings. The molecule has 0 aliphatic heterocycles. The number of halogens is 4. The van der Waals surface area contributed by atoms with Crippen LogP contribution >= 0.6 is 0 Å². The molecule has 0 spiro atoms. The molecule has 178 valence electrons. The van der Waals surface area contributed by atoms with Crippen molar-refractivity contribution in [1.82, 2.24) is 0 Å². The Kier molecular flexibility index (Phi) is 7.87. The fourth-order valence-corrected chi connectivity index (χ4v) is 3.87. The smallest absolute Gasteiger partial charge is 0.461 e. The van der Waals surface area contributed by atoms with Crippen LogP contribution in [0.4, 0.5) is 17.6 Å². The number of ether oxygens (including phenoxy) is 3. The quantitative estimate of drug-likeness (QED) is 0.359. The predicted molar refractivity (Wildman–Crippen MR) is 101 cm³/mol. The molecule has 1 aromatic rings. The molecular weight excluding hydrogens is 440 g/mol. The first-order valence-electron chi connectivity index (χ1n) is 9.89. The van der Waals surface area contributed by atoms with E-state index in [-0.39, 0.29) is 18.8 Å². The number of carbonyl (C=O) groups excluding carboxylic acids is 3. The largest absolute Gasteiger partial charge is 0.466 e. The van der Waals surface area contributed by atoms with Gasteiger partial charge in [0.25, 0.3) is 0 Å². The standard InChI is InChI=1S/C21H24F4O7/c1-4-30-17(27)15-13(26)10-20(3,29)16(18(28)31-5-2)14(15)11-7-6-8-12(9-11)32-21(24,25)19(22)23/h6-9,14-16,19,29H,4-5,10H2,1-3H3/t14-,15-,16+,20+/m1/s1. The Balaban J connectivity index is 2.62. The van der Waals surface area contributed by atoms with Crippen molar-refractivity contribution in [2.24, 2.45) is 11.8 Å². The second kappa shape index (κ2) is 9.85. The van der Waals surface area contributed by atoms with E-state index in [1.807, 2.05) is 0 Å². The zero-order chi connectivity index (χ0) is 24.3. The third-order valence-corrected chi connectivity index (χ3v) is 5.10. The summed E-state index contributed by atoms with van der Waals surface area (Å²) < 4.78 is 65.9. The van der Waals surface area contributed by atoms with E-state index in [1.54, 1.807) is 0 Å². The summed E-state index contributed by atoms with van der Waals surface area (Å²) in [7, 11) is 0. The number of esters is 2. The van der Waals surface area contributed by atoms with Gasteiger partial charge in [-0.1, -0.05) is 12.1 Å². The van der Waals surface area contributed by atoms with Gasteiger partial charge in [-0.05, 0) is 38.5 Å². The first-order valence-corrected chi connectivity index (χ1v) is 9.89. The van der Waals surface area contributed by atoms with E-state index in [0.717, 1.165) is 12.1 Å². The SMILES string of the molecule is CCOC(=O)[C@@H]1C(=O)C[C@](C)(O)[C@H](C(=O)OCC)[C@@H]1c1cccc(OC(F)(F)C(F)F)c1. The number of benzene rings is 1. The van der Waals surface area contributed by atoms with Gasteiger partial charge in [0.2, 0.25) is 0 Å². The Morgan fingerprint density at radius 1 is 1.19 bits per heavy atom. The molecule has 0 saturated heterocycles. The zero-order valence-corrected chi connectivity index (χ0v) is 17.6. The van der Waals surface area contributed by atoms with E-state index in [4.69, 9.17) is 9.47 Å². The molecule has 4 atom stereocenters. The number of ketones is 1. The summed E-state index contributed by atoms with van der Waals surface area (Å²) in [5.41, 5.74) is -1.99. The van der Waals surface area contributed by atoms with Crippen molar-refractivity contribution in [2.75, 3.05) is 13.2 Å². The highest BCUT2D eigenvalue weighted by Gasteiger charge is 2.57. The molecule has 0 amide bonds. The van der Waals surface area contributed by atoms with Crippen LogP contribution in [0.15, 0.2) is 24.3 Å². The van der Waals surface area contributed by atoms with Gasteiger partial charge in [-0.25, -0.2) is 0 Å². The minimum absolute atomic E-state index is 0.0444. The van der Waals surface area contributed by atoms with Crippen molar-refractivity contribution in [2.45, 2.75) is 51.2 Å². The van der Waals surface area contributed by atoms with Crippen molar-refractivity contribution in [1.29, 1.82) is 0 Å². The Bertz CT molecular complexity index is 856. The summed E-state index contributed by atoms with van der Waals surface area (Å²) in [5, 5.41) is 10.9. The zero-order valence-electron chi connectivity index (χ0n) is 17.6. The molecule has 1 saturated carbocycles.